The predicted octanol–water partition coefficient (Wildman–Crippen LogP) is 1.47. The van der Waals surface area contributed by atoms with Crippen LogP contribution in [0.15, 0.2) is 29.0 Å². The lowest BCUT2D eigenvalue weighted by molar-refractivity contribution is 0.382. The Hall–Kier alpha value is -1.75. The molecule has 0 saturated carbocycles. The maximum atomic E-state index is 4.99. The molecule has 16 heavy (non-hydrogen) atoms. The van der Waals surface area contributed by atoms with Gasteiger partial charge in [-0.05, 0) is 18.2 Å². The number of hydrogen-bond acceptors (Lipinski definition) is 5. The summed E-state index contributed by atoms with van der Waals surface area (Å²) < 4.78 is 4.99. The van der Waals surface area contributed by atoms with E-state index in [1.807, 2.05) is 19.1 Å². The third-order valence-electron chi connectivity index (χ3n) is 2.23. The van der Waals surface area contributed by atoms with Crippen molar-refractivity contribution in [3.8, 4) is 0 Å². The van der Waals surface area contributed by atoms with E-state index in [-0.39, 0.29) is 6.04 Å². The Kier molecular flexibility index (Phi) is 3.26. The van der Waals surface area contributed by atoms with Crippen molar-refractivity contribution in [3.05, 3.63) is 41.8 Å². The average molecular weight is 218 g/mol. The molecule has 84 valence electrons. The molecule has 2 heterocycles. The maximum Gasteiger partial charge on any atom is 0.223 e. The number of pyridine rings is 1. The summed E-state index contributed by atoms with van der Waals surface area (Å²) in [4.78, 5) is 8.33. The second-order valence-electron chi connectivity index (χ2n) is 3.45. The van der Waals surface area contributed by atoms with Gasteiger partial charge in [-0.2, -0.15) is 4.98 Å². The monoisotopic (exact) mass is 218 g/mol. The van der Waals surface area contributed by atoms with Gasteiger partial charge in [-0.1, -0.05) is 18.1 Å². The molecule has 1 atom stereocenters. The van der Waals surface area contributed by atoms with E-state index >= 15 is 0 Å². The zero-order chi connectivity index (χ0) is 11.4. The van der Waals surface area contributed by atoms with Crippen LogP contribution in [0, 0.1) is 6.92 Å². The van der Waals surface area contributed by atoms with Crippen LogP contribution in [0.5, 0.6) is 0 Å². The molecule has 0 aromatic carbocycles. The Morgan fingerprint density at radius 3 is 2.94 bits per heavy atom. The second kappa shape index (κ2) is 4.85. The van der Waals surface area contributed by atoms with Crippen molar-refractivity contribution in [2.24, 2.45) is 0 Å². The van der Waals surface area contributed by atoms with Crippen LogP contribution in [-0.2, 0) is 0 Å². The molecule has 2 rings (SSSR count). The number of hydrogen-bond donors (Lipinski definition) is 1. The van der Waals surface area contributed by atoms with Gasteiger partial charge in [0.15, 0.2) is 5.82 Å². The number of rotatable bonds is 4. The highest BCUT2D eigenvalue weighted by Crippen LogP contribution is 2.18. The molecule has 0 spiro atoms. The van der Waals surface area contributed by atoms with Crippen LogP contribution in [0.25, 0.3) is 0 Å². The van der Waals surface area contributed by atoms with Gasteiger partial charge in [0.1, 0.15) is 0 Å². The van der Waals surface area contributed by atoms with E-state index < -0.39 is 0 Å². The summed E-state index contributed by atoms with van der Waals surface area (Å²) in [5.74, 6) is 1.22. The summed E-state index contributed by atoms with van der Waals surface area (Å²) in [7, 11) is 0. The molecule has 0 aliphatic heterocycles. The molecule has 0 aliphatic rings. The minimum absolute atomic E-state index is 0.0591. The first-order chi connectivity index (χ1) is 7.81. The maximum absolute atomic E-state index is 4.99. The molecule has 2 aromatic rings. The molecule has 2 aromatic heterocycles. The van der Waals surface area contributed by atoms with Gasteiger partial charge in [0.2, 0.25) is 5.89 Å². The van der Waals surface area contributed by atoms with Gasteiger partial charge < -0.3 is 9.84 Å². The van der Waals surface area contributed by atoms with Gasteiger partial charge in [-0.15, -0.1) is 0 Å². The van der Waals surface area contributed by atoms with E-state index in [1.54, 1.807) is 19.3 Å². The average Bonchev–Trinajstić information content (AvgIpc) is 2.74. The second-order valence-corrected chi connectivity index (χ2v) is 3.45. The van der Waals surface area contributed by atoms with Crippen molar-refractivity contribution in [1.82, 2.24) is 20.4 Å². The van der Waals surface area contributed by atoms with Crippen molar-refractivity contribution in [2.45, 2.75) is 19.9 Å². The summed E-state index contributed by atoms with van der Waals surface area (Å²) in [5, 5.41) is 7.24. The van der Waals surface area contributed by atoms with E-state index in [4.69, 9.17) is 4.52 Å². The minimum Gasteiger partial charge on any atom is -0.340 e. The minimum atomic E-state index is -0.0591. The third-order valence-corrected chi connectivity index (χ3v) is 2.23. The summed E-state index contributed by atoms with van der Waals surface area (Å²) in [6.07, 6.45) is 3.55. The zero-order valence-electron chi connectivity index (χ0n) is 9.34. The van der Waals surface area contributed by atoms with Crippen molar-refractivity contribution in [3.63, 3.8) is 0 Å². The lowest BCUT2D eigenvalue weighted by Crippen LogP contribution is -2.23. The number of aryl methyl sites for hydroxylation is 1. The Morgan fingerprint density at radius 2 is 2.38 bits per heavy atom. The van der Waals surface area contributed by atoms with Crippen LogP contribution in [0.3, 0.4) is 0 Å². The van der Waals surface area contributed by atoms with Gasteiger partial charge >= 0.3 is 0 Å². The van der Waals surface area contributed by atoms with Gasteiger partial charge in [0, 0.05) is 19.3 Å². The quantitative estimate of drug-likeness (QED) is 0.842. The lowest BCUT2D eigenvalue weighted by Gasteiger charge is -2.13. The van der Waals surface area contributed by atoms with E-state index in [0.717, 1.165) is 12.1 Å². The molecular formula is C11H14N4O. The highest BCUT2D eigenvalue weighted by Gasteiger charge is 2.18. The summed E-state index contributed by atoms with van der Waals surface area (Å²) in [6, 6.07) is 3.83. The molecule has 1 N–H and O–H groups in total. The standard InChI is InChI=1S/C11H14N4O/c1-3-13-10(9-5-4-6-12-7-9)11-14-8(2)16-15-11/h4-7,10,13H,3H2,1-2H3/t10-/m1/s1. The molecular weight excluding hydrogens is 204 g/mol. The van der Waals surface area contributed by atoms with Crippen LogP contribution in [0.4, 0.5) is 0 Å². The van der Waals surface area contributed by atoms with Crippen LogP contribution < -0.4 is 5.32 Å². The van der Waals surface area contributed by atoms with Gasteiger partial charge in [0.25, 0.3) is 0 Å². The van der Waals surface area contributed by atoms with E-state index in [2.05, 4.69) is 20.4 Å². The van der Waals surface area contributed by atoms with Crippen molar-refractivity contribution < 1.29 is 4.52 Å². The van der Waals surface area contributed by atoms with Crippen molar-refractivity contribution in [1.29, 1.82) is 0 Å². The summed E-state index contributed by atoms with van der Waals surface area (Å²) in [5.41, 5.74) is 1.03. The first-order valence-electron chi connectivity index (χ1n) is 5.24. The SMILES string of the molecule is CCN[C@H](c1cccnc1)c1noc(C)n1. The molecule has 0 radical (unpaired) electrons. The van der Waals surface area contributed by atoms with E-state index in [1.165, 1.54) is 0 Å². The number of aromatic nitrogens is 3. The molecule has 0 fully saturated rings. The lowest BCUT2D eigenvalue weighted by atomic mass is 10.1. The topological polar surface area (TPSA) is 63.8 Å². The van der Waals surface area contributed by atoms with Gasteiger partial charge in [-0.25, -0.2) is 0 Å². The van der Waals surface area contributed by atoms with Crippen LogP contribution >= 0.6 is 0 Å². The summed E-state index contributed by atoms with van der Waals surface area (Å²) in [6.45, 7) is 4.65. The Balaban J connectivity index is 2.31. The fourth-order valence-electron chi connectivity index (χ4n) is 1.54. The smallest absolute Gasteiger partial charge is 0.223 e. The highest BCUT2D eigenvalue weighted by atomic mass is 16.5. The third kappa shape index (κ3) is 2.25. The highest BCUT2D eigenvalue weighted by molar-refractivity contribution is 5.20. The fourth-order valence-corrected chi connectivity index (χ4v) is 1.54. The molecule has 0 saturated heterocycles. The van der Waals surface area contributed by atoms with E-state index in [9.17, 15) is 0 Å². The first-order valence-corrected chi connectivity index (χ1v) is 5.24. The Bertz CT molecular complexity index is 440. The van der Waals surface area contributed by atoms with Gasteiger partial charge in [0.05, 0.1) is 6.04 Å². The first kappa shape index (κ1) is 10.8. The molecule has 5 nitrogen and oxygen atoms in total. The largest absolute Gasteiger partial charge is 0.340 e. The molecule has 0 unspecified atom stereocenters. The number of nitrogens with zero attached hydrogens (tertiary/aromatic N) is 3. The fraction of sp³-hybridized carbons (Fsp3) is 0.364. The van der Waals surface area contributed by atoms with Gasteiger partial charge in [-0.3, -0.25) is 4.98 Å². The summed E-state index contributed by atoms with van der Waals surface area (Å²) >= 11 is 0. The van der Waals surface area contributed by atoms with Crippen LogP contribution in [-0.4, -0.2) is 21.7 Å². The molecule has 0 aliphatic carbocycles. The molecule has 0 bridgehead atoms. The normalized spacial score (nSPS) is 12.6. The molecule has 0 amide bonds. The predicted molar refractivity (Wildman–Crippen MR) is 58.8 cm³/mol. The zero-order valence-corrected chi connectivity index (χ0v) is 9.34. The van der Waals surface area contributed by atoms with E-state index in [0.29, 0.717) is 11.7 Å². The van der Waals surface area contributed by atoms with Crippen molar-refractivity contribution >= 4 is 0 Å². The number of nitrogens with one attached hydrogen (secondary N) is 1. The Labute approximate surface area is 93.9 Å². The van der Waals surface area contributed by atoms with Crippen molar-refractivity contribution in [2.75, 3.05) is 6.54 Å². The van der Waals surface area contributed by atoms with Crippen LogP contribution in [0.2, 0.25) is 0 Å². The molecule has 5 heteroatoms. The van der Waals surface area contributed by atoms with Crippen LogP contribution in [0.1, 0.15) is 30.2 Å². The Morgan fingerprint density at radius 1 is 1.50 bits per heavy atom.